The van der Waals surface area contributed by atoms with Crippen LogP contribution in [0, 0.1) is 0 Å². The van der Waals surface area contributed by atoms with Crippen LogP contribution in [0.2, 0.25) is 5.02 Å². The Morgan fingerprint density at radius 1 is 0.912 bits per heavy atom. The number of halogens is 4. The minimum Gasteiger partial charge on any atom is -0.406 e. The minimum atomic E-state index is -4.68. The Morgan fingerprint density at radius 3 is 2.38 bits per heavy atom. The second-order valence-electron chi connectivity index (χ2n) is 8.22. The van der Waals surface area contributed by atoms with Crippen LogP contribution in [0.25, 0.3) is 0 Å². The van der Waals surface area contributed by atoms with Crippen molar-refractivity contribution >= 4 is 34.5 Å². The fourth-order valence-corrected chi connectivity index (χ4v) is 4.39. The third kappa shape index (κ3) is 5.13. The number of amidine groups is 1. The Hall–Kier alpha value is -3.23. The van der Waals surface area contributed by atoms with E-state index >= 15 is 0 Å². The van der Waals surface area contributed by atoms with Crippen LogP contribution in [0.4, 0.5) is 30.2 Å². The van der Waals surface area contributed by atoms with E-state index in [4.69, 9.17) is 16.6 Å². The van der Waals surface area contributed by atoms with E-state index in [0.717, 1.165) is 60.2 Å². The first-order valence-corrected chi connectivity index (χ1v) is 11.3. The summed E-state index contributed by atoms with van der Waals surface area (Å²) in [5, 5.41) is 4.10. The Balaban J connectivity index is 1.29. The summed E-state index contributed by atoms with van der Waals surface area (Å²) in [5.74, 6) is 0.692. The largest absolute Gasteiger partial charge is 0.573 e. The van der Waals surface area contributed by atoms with Crippen molar-refractivity contribution in [3.63, 3.8) is 0 Å². The number of aliphatic imine (C=N–C) groups is 1. The van der Waals surface area contributed by atoms with E-state index in [2.05, 4.69) is 25.9 Å². The molecular weight excluding hydrogens is 465 g/mol. The number of nitrogens with zero attached hydrogens (tertiary/aromatic N) is 3. The lowest BCUT2D eigenvalue weighted by molar-refractivity contribution is -0.274. The van der Waals surface area contributed by atoms with Gasteiger partial charge in [-0.2, -0.15) is 0 Å². The lowest BCUT2D eigenvalue weighted by Crippen LogP contribution is -2.48. The maximum Gasteiger partial charge on any atom is 0.573 e. The number of rotatable bonds is 3. The molecule has 0 bridgehead atoms. The van der Waals surface area contributed by atoms with E-state index in [1.165, 1.54) is 12.1 Å². The lowest BCUT2D eigenvalue weighted by Gasteiger charge is -2.36. The van der Waals surface area contributed by atoms with Gasteiger partial charge in [0.1, 0.15) is 11.6 Å². The van der Waals surface area contributed by atoms with Crippen LogP contribution < -0.4 is 10.1 Å². The Kier molecular flexibility index (Phi) is 6.10. The number of hydrogen-bond donors (Lipinski definition) is 1. The highest BCUT2D eigenvalue weighted by Gasteiger charge is 2.31. The zero-order valence-electron chi connectivity index (χ0n) is 18.1. The molecule has 2 aliphatic heterocycles. The molecule has 5 nitrogen and oxygen atoms in total. The van der Waals surface area contributed by atoms with Crippen molar-refractivity contribution in [1.29, 1.82) is 0 Å². The molecule has 1 N–H and O–H groups in total. The molecule has 176 valence electrons. The van der Waals surface area contributed by atoms with Gasteiger partial charge in [0.2, 0.25) is 0 Å². The summed E-state index contributed by atoms with van der Waals surface area (Å²) in [6.07, 6.45) is -4.68. The summed E-state index contributed by atoms with van der Waals surface area (Å²) in [5.41, 5.74) is 4.66. The Morgan fingerprint density at radius 2 is 1.65 bits per heavy atom. The van der Waals surface area contributed by atoms with Crippen molar-refractivity contribution in [2.45, 2.75) is 12.9 Å². The number of ether oxygens (including phenoxy) is 1. The van der Waals surface area contributed by atoms with Crippen LogP contribution in [-0.2, 0) is 6.54 Å². The number of piperazine rings is 1. The van der Waals surface area contributed by atoms with Gasteiger partial charge in [-0.05, 0) is 48.0 Å². The number of nitrogens with one attached hydrogen (secondary N) is 1. The molecule has 3 aromatic rings. The SMILES string of the molecule is FC(F)(F)Oc1ccc(CN2CCN(C3=Nc4cc(Cl)ccc4Nc4ccccc43)CC2)cc1. The average molecular weight is 487 g/mol. The molecule has 0 amide bonds. The van der Waals surface area contributed by atoms with Gasteiger partial charge in [-0.1, -0.05) is 35.9 Å². The second-order valence-corrected chi connectivity index (χ2v) is 8.66. The molecule has 0 aliphatic carbocycles. The molecule has 0 unspecified atom stereocenters. The van der Waals surface area contributed by atoms with Gasteiger partial charge in [0.05, 0.1) is 11.4 Å². The third-order valence-corrected chi connectivity index (χ3v) is 6.09. The quantitative estimate of drug-likeness (QED) is 0.479. The van der Waals surface area contributed by atoms with Crippen molar-refractivity contribution in [2.24, 2.45) is 4.99 Å². The van der Waals surface area contributed by atoms with Gasteiger partial charge in [-0.25, -0.2) is 4.99 Å². The van der Waals surface area contributed by atoms with E-state index in [0.29, 0.717) is 11.6 Å². The number of hydrogen-bond acceptors (Lipinski definition) is 5. The predicted molar refractivity (Wildman–Crippen MR) is 127 cm³/mol. The summed E-state index contributed by atoms with van der Waals surface area (Å²) >= 11 is 6.23. The summed E-state index contributed by atoms with van der Waals surface area (Å²) in [6.45, 7) is 3.81. The van der Waals surface area contributed by atoms with Gasteiger partial charge >= 0.3 is 6.36 Å². The van der Waals surface area contributed by atoms with E-state index in [9.17, 15) is 13.2 Å². The number of fused-ring (bicyclic) bond motifs is 2. The summed E-state index contributed by atoms with van der Waals surface area (Å²) in [7, 11) is 0. The monoisotopic (exact) mass is 486 g/mol. The van der Waals surface area contributed by atoms with E-state index in [-0.39, 0.29) is 5.75 Å². The van der Waals surface area contributed by atoms with Crippen molar-refractivity contribution in [1.82, 2.24) is 9.80 Å². The van der Waals surface area contributed by atoms with Gasteiger partial charge < -0.3 is 15.0 Å². The first-order chi connectivity index (χ1) is 16.3. The van der Waals surface area contributed by atoms with E-state index in [1.807, 2.05) is 36.4 Å². The third-order valence-electron chi connectivity index (χ3n) is 5.86. The zero-order chi connectivity index (χ0) is 23.7. The van der Waals surface area contributed by atoms with Crippen molar-refractivity contribution in [3.05, 3.63) is 82.9 Å². The molecule has 0 radical (unpaired) electrons. The molecule has 34 heavy (non-hydrogen) atoms. The Labute approximate surface area is 200 Å². The summed E-state index contributed by atoms with van der Waals surface area (Å²) < 4.78 is 41.1. The molecule has 5 rings (SSSR count). The van der Waals surface area contributed by atoms with Crippen LogP contribution in [0.5, 0.6) is 5.75 Å². The number of anilines is 2. The molecule has 1 fully saturated rings. The maximum absolute atomic E-state index is 12.4. The summed E-state index contributed by atoms with van der Waals surface area (Å²) in [6, 6.07) is 19.8. The van der Waals surface area contributed by atoms with E-state index < -0.39 is 6.36 Å². The fourth-order valence-electron chi connectivity index (χ4n) is 4.22. The van der Waals surface area contributed by atoms with Crippen LogP contribution in [0.3, 0.4) is 0 Å². The van der Waals surface area contributed by atoms with Gasteiger partial charge in [0.25, 0.3) is 0 Å². The number of alkyl halides is 3. The predicted octanol–water partition coefficient (Wildman–Crippen LogP) is 6.19. The highest BCUT2D eigenvalue weighted by atomic mass is 35.5. The molecule has 2 heterocycles. The van der Waals surface area contributed by atoms with Gasteiger partial charge in [-0.3, -0.25) is 4.90 Å². The highest BCUT2D eigenvalue weighted by Crippen LogP contribution is 2.36. The van der Waals surface area contributed by atoms with Crippen molar-refractivity contribution < 1.29 is 17.9 Å². The smallest absolute Gasteiger partial charge is 0.406 e. The van der Waals surface area contributed by atoms with Crippen LogP contribution >= 0.6 is 11.6 Å². The van der Waals surface area contributed by atoms with Crippen LogP contribution in [-0.4, -0.2) is 48.2 Å². The molecule has 3 aromatic carbocycles. The van der Waals surface area contributed by atoms with Gasteiger partial charge in [0.15, 0.2) is 0 Å². The second kappa shape index (κ2) is 9.19. The first kappa shape index (κ1) is 22.6. The standard InChI is InChI=1S/C25H22ClF3N4O/c26-18-7-10-22-23(15-18)31-24(20-3-1-2-4-21(20)30-22)33-13-11-32(12-14-33)16-17-5-8-19(9-6-17)34-25(27,28)29/h1-10,15,30H,11-14,16H2. The molecule has 0 spiro atoms. The normalized spacial score (nSPS) is 16.1. The van der Waals surface area contributed by atoms with Crippen LogP contribution in [0.15, 0.2) is 71.7 Å². The average Bonchev–Trinajstić information content (AvgIpc) is 2.96. The minimum absolute atomic E-state index is 0.208. The molecule has 0 aromatic heterocycles. The van der Waals surface area contributed by atoms with Crippen molar-refractivity contribution in [2.75, 3.05) is 31.5 Å². The number of para-hydroxylation sites is 1. The summed E-state index contributed by atoms with van der Waals surface area (Å²) in [4.78, 5) is 9.54. The van der Waals surface area contributed by atoms with Crippen LogP contribution in [0.1, 0.15) is 11.1 Å². The number of benzene rings is 3. The molecular formula is C25H22ClF3N4O. The van der Waals surface area contributed by atoms with Gasteiger partial charge in [0, 0.05) is 49.0 Å². The fraction of sp³-hybridized carbons (Fsp3) is 0.240. The topological polar surface area (TPSA) is 40.1 Å². The van der Waals surface area contributed by atoms with Gasteiger partial charge in [-0.15, -0.1) is 13.2 Å². The lowest BCUT2D eigenvalue weighted by atomic mass is 10.1. The highest BCUT2D eigenvalue weighted by molar-refractivity contribution is 6.31. The maximum atomic E-state index is 12.4. The van der Waals surface area contributed by atoms with Crippen molar-refractivity contribution in [3.8, 4) is 5.75 Å². The molecule has 1 saturated heterocycles. The first-order valence-electron chi connectivity index (χ1n) is 10.9. The Bertz CT molecular complexity index is 1210. The zero-order valence-corrected chi connectivity index (χ0v) is 18.9. The van der Waals surface area contributed by atoms with E-state index in [1.54, 1.807) is 12.1 Å². The molecule has 0 atom stereocenters. The molecule has 9 heteroatoms. The molecule has 2 aliphatic rings. The molecule has 0 saturated carbocycles.